The molecule has 0 bridgehead atoms. The Balaban J connectivity index is 2.04. The van der Waals surface area contributed by atoms with Gasteiger partial charge in [-0.15, -0.1) is 0 Å². The molecule has 108 valence electrons. The van der Waals surface area contributed by atoms with Gasteiger partial charge < -0.3 is 15.3 Å². The maximum atomic E-state index is 11.4. The number of hydrogen-bond donors (Lipinski definition) is 3. The molecule has 20 heavy (non-hydrogen) atoms. The second-order valence-corrected chi connectivity index (χ2v) is 6.43. The smallest absolute Gasteiger partial charge is 0.310 e. The van der Waals surface area contributed by atoms with Gasteiger partial charge in [0.05, 0.1) is 11.0 Å². The van der Waals surface area contributed by atoms with Gasteiger partial charge in [-0.3, -0.25) is 0 Å². The van der Waals surface area contributed by atoms with E-state index in [1.54, 1.807) is 0 Å². The van der Waals surface area contributed by atoms with Gasteiger partial charge in [0.2, 0.25) is 0 Å². The van der Waals surface area contributed by atoms with Crippen LogP contribution in [0.2, 0.25) is 0 Å². The number of aromatic amines is 2. The summed E-state index contributed by atoms with van der Waals surface area (Å²) < 4.78 is 1.07. The summed E-state index contributed by atoms with van der Waals surface area (Å²) >= 11 is 3.67. The first-order valence-electron chi connectivity index (χ1n) is 7.34. The Morgan fingerprint density at radius 3 is 2.60 bits per heavy atom. The zero-order chi connectivity index (χ0) is 14.1. The molecule has 3 rings (SSSR count). The zero-order valence-electron chi connectivity index (χ0n) is 11.6. The number of rotatable bonds is 4. The molecule has 1 aromatic heterocycles. The lowest BCUT2D eigenvalue weighted by Gasteiger charge is -2.26. The molecular formula is C15H20BrN3O. The number of imidazole rings is 1. The summed E-state index contributed by atoms with van der Waals surface area (Å²) in [4.78, 5) is 17.1. The summed E-state index contributed by atoms with van der Waals surface area (Å²) in [7, 11) is 0. The molecule has 2 aromatic rings. The van der Waals surface area contributed by atoms with Crippen molar-refractivity contribution in [3.05, 3.63) is 32.7 Å². The van der Waals surface area contributed by atoms with Crippen LogP contribution in [0.5, 0.6) is 0 Å². The second-order valence-electron chi connectivity index (χ2n) is 5.58. The van der Waals surface area contributed by atoms with E-state index in [1.807, 2.05) is 6.07 Å². The molecule has 0 spiro atoms. The van der Waals surface area contributed by atoms with E-state index in [2.05, 4.69) is 44.2 Å². The van der Waals surface area contributed by atoms with Crippen LogP contribution < -0.4 is 11.0 Å². The molecule has 1 aliphatic carbocycles. The van der Waals surface area contributed by atoms with E-state index in [9.17, 15) is 4.79 Å². The zero-order valence-corrected chi connectivity index (χ0v) is 13.2. The van der Waals surface area contributed by atoms with Crippen molar-refractivity contribution in [2.45, 2.75) is 38.6 Å². The van der Waals surface area contributed by atoms with Crippen LogP contribution in [0.4, 0.5) is 0 Å². The minimum atomic E-state index is -0.148. The highest BCUT2D eigenvalue weighted by atomic mass is 79.9. The van der Waals surface area contributed by atoms with Crippen molar-refractivity contribution < 1.29 is 0 Å². The van der Waals surface area contributed by atoms with Crippen molar-refractivity contribution in [1.29, 1.82) is 0 Å². The van der Waals surface area contributed by atoms with Crippen molar-refractivity contribution in [3.63, 3.8) is 0 Å². The third-order valence-electron chi connectivity index (χ3n) is 4.26. The van der Waals surface area contributed by atoms with Gasteiger partial charge in [0.1, 0.15) is 0 Å². The topological polar surface area (TPSA) is 60.7 Å². The minimum absolute atomic E-state index is 0.148. The molecule has 1 unspecified atom stereocenters. The largest absolute Gasteiger partial charge is 0.323 e. The van der Waals surface area contributed by atoms with Crippen LogP contribution in [0.1, 0.15) is 44.2 Å². The molecule has 1 saturated carbocycles. The Hall–Kier alpha value is -1.07. The summed E-state index contributed by atoms with van der Waals surface area (Å²) in [6, 6.07) is 4.46. The summed E-state index contributed by atoms with van der Waals surface area (Å²) in [5, 5.41) is 3.62. The van der Waals surface area contributed by atoms with Gasteiger partial charge in [-0.25, -0.2) is 4.79 Å². The van der Waals surface area contributed by atoms with Gasteiger partial charge in [0.25, 0.3) is 0 Å². The van der Waals surface area contributed by atoms with Gasteiger partial charge >= 0.3 is 5.69 Å². The SMILES string of the molecule is CCNC(c1cc2[nH]c(=O)[nH]c2cc1Br)C1CCCC1. The second kappa shape index (κ2) is 5.74. The molecule has 0 radical (unpaired) electrons. The highest BCUT2D eigenvalue weighted by Gasteiger charge is 2.27. The molecule has 0 amide bonds. The molecule has 1 atom stereocenters. The maximum Gasteiger partial charge on any atom is 0.323 e. The first kappa shape index (κ1) is 13.9. The molecule has 0 aliphatic heterocycles. The van der Waals surface area contributed by atoms with E-state index in [1.165, 1.54) is 31.2 Å². The molecule has 4 nitrogen and oxygen atoms in total. The number of H-pyrrole nitrogens is 2. The molecule has 3 N–H and O–H groups in total. The van der Waals surface area contributed by atoms with Crippen molar-refractivity contribution >= 4 is 27.0 Å². The van der Waals surface area contributed by atoms with Gasteiger partial charge in [-0.2, -0.15) is 0 Å². The van der Waals surface area contributed by atoms with Crippen molar-refractivity contribution in [2.75, 3.05) is 6.54 Å². The van der Waals surface area contributed by atoms with Gasteiger partial charge in [-0.05, 0) is 43.0 Å². The number of nitrogens with one attached hydrogen (secondary N) is 3. The van der Waals surface area contributed by atoms with Gasteiger partial charge in [0, 0.05) is 10.5 Å². The number of aromatic nitrogens is 2. The van der Waals surface area contributed by atoms with Crippen LogP contribution in [0.3, 0.4) is 0 Å². The highest BCUT2D eigenvalue weighted by molar-refractivity contribution is 9.10. The molecule has 1 aliphatic rings. The average molecular weight is 338 g/mol. The van der Waals surface area contributed by atoms with E-state index in [0.717, 1.165) is 22.1 Å². The highest BCUT2D eigenvalue weighted by Crippen LogP contribution is 2.39. The fraction of sp³-hybridized carbons (Fsp3) is 0.533. The Kier molecular flexibility index (Phi) is 3.98. The van der Waals surface area contributed by atoms with Crippen LogP contribution in [0, 0.1) is 5.92 Å². The van der Waals surface area contributed by atoms with Gasteiger partial charge in [0.15, 0.2) is 0 Å². The molecular weight excluding hydrogens is 318 g/mol. The quantitative estimate of drug-likeness (QED) is 0.800. The van der Waals surface area contributed by atoms with Crippen LogP contribution >= 0.6 is 15.9 Å². The van der Waals surface area contributed by atoms with E-state index in [4.69, 9.17) is 0 Å². The molecule has 1 fully saturated rings. The van der Waals surface area contributed by atoms with Crippen LogP contribution in [0.25, 0.3) is 11.0 Å². The first-order chi connectivity index (χ1) is 9.69. The summed E-state index contributed by atoms with van der Waals surface area (Å²) in [6.07, 6.45) is 5.22. The van der Waals surface area contributed by atoms with Gasteiger partial charge in [-0.1, -0.05) is 35.7 Å². The molecule has 0 saturated heterocycles. The first-order valence-corrected chi connectivity index (χ1v) is 8.13. The third kappa shape index (κ3) is 2.56. The summed E-state index contributed by atoms with van der Waals surface area (Å²) in [5.74, 6) is 0.689. The predicted octanol–water partition coefficient (Wildman–Crippen LogP) is 3.46. The molecule has 5 heteroatoms. The minimum Gasteiger partial charge on any atom is -0.310 e. The Labute approximate surface area is 126 Å². The van der Waals surface area contributed by atoms with E-state index in [0.29, 0.717) is 12.0 Å². The maximum absolute atomic E-state index is 11.4. The van der Waals surface area contributed by atoms with E-state index in [-0.39, 0.29) is 5.69 Å². The lowest BCUT2D eigenvalue weighted by Crippen LogP contribution is -2.27. The summed E-state index contributed by atoms with van der Waals surface area (Å²) in [6.45, 7) is 3.10. The fourth-order valence-electron chi connectivity index (χ4n) is 3.35. The standard InChI is InChI=1S/C15H20BrN3O/c1-2-17-14(9-5-3-4-6-9)10-7-12-13(8-11(10)16)19-15(20)18-12/h7-9,14,17H,2-6H2,1H3,(H2,18,19,20). The third-order valence-corrected chi connectivity index (χ3v) is 4.95. The monoisotopic (exact) mass is 337 g/mol. The van der Waals surface area contributed by atoms with Crippen LogP contribution in [-0.4, -0.2) is 16.5 Å². The molecule has 1 aromatic carbocycles. The lowest BCUT2D eigenvalue weighted by atomic mass is 9.91. The van der Waals surface area contributed by atoms with Crippen molar-refractivity contribution in [1.82, 2.24) is 15.3 Å². The fourth-order valence-corrected chi connectivity index (χ4v) is 3.94. The lowest BCUT2D eigenvalue weighted by molar-refractivity contribution is 0.373. The number of halogens is 1. The predicted molar refractivity (Wildman–Crippen MR) is 85.0 cm³/mol. The number of hydrogen-bond acceptors (Lipinski definition) is 2. The van der Waals surface area contributed by atoms with E-state index < -0.39 is 0 Å². The Morgan fingerprint density at radius 2 is 1.95 bits per heavy atom. The molecule has 1 heterocycles. The Bertz CT molecular complexity index is 655. The number of benzene rings is 1. The van der Waals surface area contributed by atoms with Crippen molar-refractivity contribution in [3.8, 4) is 0 Å². The van der Waals surface area contributed by atoms with Crippen molar-refractivity contribution in [2.24, 2.45) is 5.92 Å². The van der Waals surface area contributed by atoms with E-state index >= 15 is 0 Å². The Morgan fingerprint density at radius 1 is 1.30 bits per heavy atom. The normalized spacial score (nSPS) is 17.9. The average Bonchev–Trinajstić information content (AvgIpc) is 3.03. The van der Waals surface area contributed by atoms with Crippen LogP contribution in [0.15, 0.2) is 21.4 Å². The number of fused-ring (bicyclic) bond motifs is 1. The van der Waals surface area contributed by atoms with Crippen LogP contribution in [-0.2, 0) is 0 Å². The summed E-state index contributed by atoms with van der Waals surface area (Å²) in [5.41, 5.74) is 2.84.